The summed E-state index contributed by atoms with van der Waals surface area (Å²) in [7, 11) is 0. The minimum Gasteiger partial charge on any atom is -0.398 e. The van der Waals surface area contributed by atoms with Gasteiger partial charge in [0.2, 0.25) is 0 Å². The van der Waals surface area contributed by atoms with Crippen LogP contribution in [0.15, 0.2) is 37.4 Å². The number of nitrogen functional groups attached to an aromatic ring is 1. The Morgan fingerprint density at radius 3 is 2.73 bits per heavy atom. The summed E-state index contributed by atoms with van der Waals surface area (Å²) in [6.45, 7) is 7.61. The molecule has 0 saturated heterocycles. The van der Waals surface area contributed by atoms with Gasteiger partial charge >= 0.3 is 0 Å². The third kappa shape index (κ3) is 2.35. The van der Waals surface area contributed by atoms with E-state index in [0.29, 0.717) is 17.9 Å². The Morgan fingerprint density at radius 1 is 1.53 bits per heavy atom. The second-order valence-electron chi connectivity index (χ2n) is 3.09. The molecule has 0 aromatic heterocycles. The molecular formula is C11H14FN3. The quantitative estimate of drug-likeness (QED) is 0.342. The predicted octanol–water partition coefficient (Wildman–Crippen LogP) is 1.74. The lowest BCUT2D eigenvalue weighted by Crippen LogP contribution is -2.29. The fourth-order valence-corrected chi connectivity index (χ4v) is 1.24. The highest BCUT2D eigenvalue weighted by molar-refractivity contribution is 5.72. The predicted molar refractivity (Wildman–Crippen MR) is 60.9 cm³/mol. The molecule has 0 radical (unpaired) electrons. The van der Waals surface area contributed by atoms with E-state index in [1.165, 1.54) is 17.1 Å². The minimum absolute atomic E-state index is 0.238. The van der Waals surface area contributed by atoms with Gasteiger partial charge in [0.15, 0.2) is 0 Å². The van der Waals surface area contributed by atoms with Gasteiger partial charge in [-0.25, -0.2) is 10.2 Å². The van der Waals surface area contributed by atoms with Gasteiger partial charge in [-0.3, -0.25) is 0 Å². The topological polar surface area (TPSA) is 55.3 Å². The van der Waals surface area contributed by atoms with E-state index >= 15 is 0 Å². The van der Waals surface area contributed by atoms with Crippen LogP contribution in [0.1, 0.15) is 5.56 Å². The van der Waals surface area contributed by atoms with Gasteiger partial charge in [-0.1, -0.05) is 18.7 Å². The number of nitrogens with two attached hydrogens (primary N) is 2. The lowest BCUT2D eigenvalue weighted by molar-refractivity contribution is 0.460. The standard InChI is InChI=1S/C11H14FN3/c1-3-7-15(14)8(2)11-9(12)5-4-6-10(11)13/h3-6H,1-2,7,13-14H2. The Labute approximate surface area is 88.5 Å². The smallest absolute Gasteiger partial charge is 0.134 e. The third-order valence-electron chi connectivity index (χ3n) is 2.01. The largest absolute Gasteiger partial charge is 0.398 e. The van der Waals surface area contributed by atoms with Gasteiger partial charge in [-0.15, -0.1) is 6.58 Å². The first-order valence-corrected chi connectivity index (χ1v) is 4.44. The van der Waals surface area contributed by atoms with Gasteiger partial charge in [0.25, 0.3) is 0 Å². The summed E-state index contributed by atoms with van der Waals surface area (Å²) >= 11 is 0. The van der Waals surface area contributed by atoms with Gasteiger partial charge in [-0.2, -0.15) is 0 Å². The van der Waals surface area contributed by atoms with E-state index in [2.05, 4.69) is 13.2 Å². The second kappa shape index (κ2) is 4.61. The molecule has 1 aromatic rings. The lowest BCUT2D eigenvalue weighted by Gasteiger charge is -2.20. The summed E-state index contributed by atoms with van der Waals surface area (Å²) in [6.07, 6.45) is 1.60. The molecule has 80 valence electrons. The molecular weight excluding hydrogens is 193 g/mol. The van der Waals surface area contributed by atoms with Crippen LogP contribution in [0.4, 0.5) is 10.1 Å². The third-order valence-corrected chi connectivity index (χ3v) is 2.01. The Bertz CT molecular complexity index is 367. The summed E-state index contributed by atoms with van der Waals surface area (Å²) in [5.41, 5.74) is 6.54. The van der Waals surface area contributed by atoms with Crippen LogP contribution in [0, 0.1) is 5.82 Å². The number of halogens is 1. The van der Waals surface area contributed by atoms with E-state index in [1.807, 2.05) is 0 Å². The number of hydrazine groups is 1. The summed E-state index contributed by atoms with van der Waals surface area (Å²) in [4.78, 5) is 0. The summed E-state index contributed by atoms with van der Waals surface area (Å²) in [5, 5.41) is 1.29. The number of hydrogen-bond acceptors (Lipinski definition) is 3. The molecule has 0 fully saturated rings. The molecule has 0 saturated carbocycles. The maximum absolute atomic E-state index is 13.5. The molecule has 0 bridgehead atoms. The zero-order valence-electron chi connectivity index (χ0n) is 8.41. The molecule has 15 heavy (non-hydrogen) atoms. The molecule has 1 rings (SSSR count). The average molecular weight is 207 g/mol. The van der Waals surface area contributed by atoms with Crippen molar-refractivity contribution in [2.45, 2.75) is 0 Å². The van der Waals surface area contributed by atoms with Gasteiger partial charge in [0.05, 0.1) is 17.8 Å². The first-order valence-electron chi connectivity index (χ1n) is 4.44. The van der Waals surface area contributed by atoms with Crippen molar-refractivity contribution < 1.29 is 4.39 Å². The molecule has 1 aromatic carbocycles. The average Bonchev–Trinajstić information content (AvgIpc) is 2.17. The number of hydrogen-bond donors (Lipinski definition) is 2. The molecule has 0 aliphatic heterocycles. The first-order chi connectivity index (χ1) is 7.07. The minimum atomic E-state index is -0.431. The zero-order chi connectivity index (χ0) is 11.4. The van der Waals surface area contributed by atoms with Crippen molar-refractivity contribution >= 4 is 11.4 Å². The zero-order valence-corrected chi connectivity index (χ0v) is 8.41. The van der Waals surface area contributed by atoms with Crippen LogP contribution < -0.4 is 11.6 Å². The number of benzene rings is 1. The van der Waals surface area contributed by atoms with Gasteiger partial charge in [0, 0.05) is 5.69 Å². The Kier molecular flexibility index (Phi) is 3.46. The second-order valence-corrected chi connectivity index (χ2v) is 3.09. The van der Waals surface area contributed by atoms with Crippen LogP contribution in [-0.2, 0) is 0 Å². The maximum Gasteiger partial charge on any atom is 0.134 e. The lowest BCUT2D eigenvalue weighted by atomic mass is 10.1. The van der Waals surface area contributed by atoms with Crippen LogP contribution in [0.3, 0.4) is 0 Å². The van der Waals surface area contributed by atoms with E-state index in [4.69, 9.17) is 11.6 Å². The molecule has 0 aliphatic rings. The van der Waals surface area contributed by atoms with Crippen molar-refractivity contribution in [2.24, 2.45) is 5.84 Å². The molecule has 4 N–H and O–H groups in total. The molecule has 0 unspecified atom stereocenters. The van der Waals surface area contributed by atoms with Crippen LogP contribution >= 0.6 is 0 Å². The van der Waals surface area contributed by atoms with Gasteiger partial charge in [-0.05, 0) is 12.1 Å². The van der Waals surface area contributed by atoms with E-state index < -0.39 is 5.82 Å². The first kappa shape index (κ1) is 11.3. The van der Waals surface area contributed by atoms with Gasteiger partial charge in [0.1, 0.15) is 5.82 Å². The number of anilines is 1. The molecule has 0 spiro atoms. The molecule has 0 heterocycles. The van der Waals surface area contributed by atoms with Gasteiger partial charge < -0.3 is 10.7 Å². The van der Waals surface area contributed by atoms with E-state index in [1.54, 1.807) is 12.1 Å². The van der Waals surface area contributed by atoms with E-state index in [9.17, 15) is 4.39 Å². The normalized spacial score (nSPS) is 9.73. The van der Waals surface area contributed by atoms with E-state index in [-0.39, 0.29) is 5.56 Å². The fourth-order valence-electron chi connectivity index (χ4n) is 1.24. The molecule has 3 nitrogen and oxygen atoms in total. The fraction of sp³-hybridized carbons (Fsp3) is 0.0909. The number of nitrogens with zero attached hydrogens (tertiary/aromatic N) is 1. The Balaban J connectivity index is 3.05. The summed E-state index contributed by atoms with van der Waals surface area (Å²) < 4.78 is 13.5. The molecule has 0 atom stereocenters. The molecule has 0 aliphatic carbocycles. The van der Waals surface area contributed by atoms with Crippen molar-refractivity contribution in [3.05, 3.63) is 48.8 Å². The monoisotopic (exact) mass is 207 g/mol. The number of rotatable bonds is 4. The van der Waals surface area contributed by atoms with Crippen molar-refractivity contribution in [1.82, 2.24) is 5.01 Å². The van der Waals surface area contributed by atoms with E-state index in [0.717, 1.165) is 0 Å². The maximum atomic E-state index is 13.5. The highest BCUT2D eigenvalue weighted by Gasteiger charge is 2.12. The SMILES string of the molecule is C=CCN(N)C(=C)c1c(N)cccc1F. The van der Waals surface area contributed by atoms with Crippen molar-refractivity contribution in [3.63, 3.8) is 0 Å². The Morgan fingerprint density at radius 2 is 2.20 bits per heavy atom. The highest BCUT2D eigenvalue weighted by atomic mass is 19.1. The highest BCUT2D eigenvalue weighted by Crippen LogP contribution is 2.24. The summed E-state index contributed by atoms with van der Waals surface area (Å²) in [6, 6.07) is 4.46. The van der Waals surface area contributed by atoms with Crippen LogP contribution in [0.25, 0.3) is 5.70 Å². The van der Waals surface area contributed by atoms with Crippen molar-refractivity contribution in [2.75, 3.05) is 12.3 Å². The Hall–Kier alpha value is -1.81. The van der Waals surface area contributed by atoms with Crippen LogP contribution in [0.5, 0.6) is 0 Å². The summed E-state index contributed by atoms with van der Waals surface area (Å²) in [5.74, 6) is 5.21. The molecule has 0 amide bonds. The van der Waals surface area contributed by atoms with Crippen molar-refractivity contribution in [3.8, 4) is 0 Å². The van der Waals surface area contributed by atoms with Crippen LogP contribution in [-0.4, -0.2) is 11.6 Å². The van der Waals surface area contributed by atoms with Crippen molar-refractivity contribution in [1.29, 1.82) is 0 Å². The molecule has 4 heteroatoms. The van der Waals surface area contributed by atoms with Crippen LogP contribution in [0.2, 0.25) is 0 Å².